The van der Waals surface area contributed by atoms with Crippen LogP contribution in [-0.4, -0.2) is 30.7 Å². The maximum Gasteiger partial charge on any atom is 0.247 e. The van der Waals surface area contributed by atoms with E-state index in [9.17, 15) is 4.79 Å². The average molecular weight is 199 g/mol. The fourth-order valence-corrected chi connectivity index (χ4v) is 1.16. The zero-order valence-corrected chi connectivity index (χ0v) is 9.62. The Morgan fingerprint density at radius 1 is 1.50 bits per heavy atom. The predicted molar refractivity (Wildman–Crippen MR) is 57.9 cm³/mol. The smallest absolute Gasteiger partial charge is 0.247 e. The molecule has 0 aliphatic heterocycles. The molecule has 1 unspecified atom stereocenters. The van der Waals surface area contributed by atoms with E-state index in [0.717, 1.165) is 12.8 Å². The molecule has 0 aromatic rings. The number of hydrogen-bond donors (Lipinski definition) is 0. The van der Waals surface area contributed by atoms with Crippen LogP contribution in [0.1, 0.15) is 33.6 Å². The molecule has 0 aromatic carbocycles. The Labute approximate surface area is 86.7 Å². The van der Waals surface area contributed by atoms with E-state index in [4.69, 9.17) is 4.74 Å². The van der Waals surface area contributed by atoms with Gasteiger partial charge in [-0.15, -0.1) is 0 Å². The van der Waals surface area contributed by atoms with E-state index in [1.54, 1.807) is 24.1 Å². The second-order valence-corrected chi connectivity index (χ2v) is 3.18. The number of rotatable bonds is 6. The van der Waals surface area contributed by atoms with Gasteiger partial charge < -0.3 is 9.64 Å². The summed E-state index contributed by atoms with van der Waals surface area (Å²) in [4.78, 5) is 13.1. The number of likely N-dealkylation sites (N-methyl/N-ethyl adjacent to an activating group) is 1. The van der Waals surface area contributed by atoms with Crippen molar-refractivity contribution in [2.45, 2.75) is 39.8 Å². The first-order chi connectivity index (χ1) is 6.67. The van der Waals surface area contributed by atoms with Gasteiger partial charge in [0.25, 0.3) is 0 Å². The van der Waals surface area contributed by atoms with Crippen LogP contribution in [0.3, 0.4) is 0 Å². The van der Waals surface area contributed by atoms with Gasteiger partial charge in [0.05, 0.1) is 0 Å². The first kappa shape index (κ1) is 13.2. The highest BCUT2D eigenvalue weighted by Gasteiger charge is 2.15. The number of carbonyl (C=O) groups is 1. The van der Waals surface area contributed by atoms with Gasteiger partial charge in [-0.05, 0) is 25.8 Å². The number of carbonyl (C=O) groups excluding carboxylic acids is 1. The topological polar surface area (TPSA) is 29.5 Å². The van der Waals surface area contributed by atoms with Crippen molar-refractivity contribution >= 4 is 5.91 Å². The van der Waals surface area contributed by atoms with Crippen molar-refractivity contribution in [2.24, 2.45) is 0 Å². The van der Waals surface area contributed by atoms with E-state index >= 15 is 0 Å². The molecule has 0 aromatic heterocycles. The monoisotopic (exact) mass is 199 g/mol. The molecule has 0 aliphatic carbocycles. The third kappa shape index (κ3) is 4.42. The van der Waals surface area contributed by atoms with Gasteiger partial charge in [0.2, 0.25) is 5.91 Å². The van der Waals surface area contributed by atoms with Crippen molar-refractivity contribution in [2.75, 3.05) is 13.7 Å². The highest BCUT2D eigenvalue weighted by Crippen LogP contribution is 2.05. The first-order valence-electron chi connectivity index (χ1n) is 5.18. The Bertz CT molecular complexity index is 190. The minimum atomic E-state index is -0.0985. The number of allylic oxidation sites excluding steroid dienone is 1. The molecule has 0 saturated heterocycles. The van der Waals surface area contributed by atoms with Crippen molar-refractivity contribution < 1.29 is 9.53 Å². The maximum atomic E-state index is 11.5. The van der Waals surface area contributed by atoms with E-state index in [0.29, 0.717) is 6.61 Å². The lowest BCUT2D eigenvalue weighted by molar-refractivity contribution is -0.138. The highest BCUT2D eigenvalue weighted by atomic mass is 16.5. The summed E-state index contributed by atoms with van der Waals surface area (Å²) in [6.45, 7) is 6.60. The molecule has 0 aliphatic rings. The molecule has 0 N–H and O–H groups in total. The fraction of sp³-hybridized carbons (Fsp3) is 0.727. The Morgan fingerprint density at radius 2 is 2.14 bits per heavy atom. The molecule has 0 heterocycles. The highest BCUT2D eigenvalue weighted by molar-refractivity contribution is 5.87. The fourth-order valence-electron chi connectivity index (χ4n) is 1.16. The van der Waals surface area contributed by atoms with Crippen LogP contribution in [0.5, 0.6) is 0 Å². The van der Waals surface area contributed by atoms with Gasteiger partial charge in [-0.3, -0.25) is 4.79 Å². The summed E-state index contributed by atoms with van der Waals surface area (Å²) in [6, 6.07) is 0. The van der Waals surface area contributed by atoms with Crippen molar-refractivity contribution in [3.8, 4) is 0 Å². The van der Waals surface area contributed by atoms with Gasteiger partial charge >= 0.3 is 0 Å². The lowest BCUT2D eigenvalue weighted by Gasteiger charge is -2.26. The normalized spacial score (nSPS) is 13.1. The molecule has 0 saturated carbocycles. The van der Waals surface area contributed by atoms with Crippen LogP contribution in [-0.2, 0) is 9.53 Å². The van der Waals surface area contributed by atoms with Gasteiger partial charge in [0.15, 0.2) is 0 Å². The SMILES string of the molecule is CC=CC(=O)N(C)C(CC)OCCC. The van der Waals surface area contributed by atoms with E-state index < -0.39 is 0 Å². The second kappa shape index (κ2) is 7.56. The Kier molecular flexibility index (Phi) is 7.11. The molecule has 0 fully saturated rings. The van der Waals surface area contributed by atoms with E-state index in [-0.39, 0.29) is 12.1 Å². The lowest BCUT2D eigenvalue weighted by atomic mass is 10.3. The number of ether oxygens (including phenoxy) is 1. The van der Waals surface area contributed by atoms with Crippen molar-refractivity contribution in [1.82, 2.24) is 4.90 Å². The van der Waals surface area contributed by atoms with Crippen LogP contribution in [0, 0.1) is 0 Å². The minimum Gasteiger partial charge on any atom is -0.358 e. The molecule has 1 atom stereocenters. The summed E-state index contributed by atoms with van der Waals surface area (Å²) >= 11 is 0. The summed E-state index contributed by atoms with van der Waals surface area (Å²) in [6.07, 6.45) is 4.99. The molecular formula is C11H21NO2. The molecule has 0 spiro atoms. The summed E-state index contributed by atoms with van der Waals surface area (Å²) in [7, 11) is 1.77. The molecular weight excluding hydrogens is 178 g/mol. The molecule has 0 radical (unpaired) electrons. The van der Waals surface area contributed by atoms with Crippen LogP contribution >= 0.6 is 0 Å². The summed E-state index contributed by atoms with van der Waals surface area (Å²) in [5.74, 6) is -0.00421. The van der Waals surface area contributed by atoms with E-state index in [2.05, 4.69) is 6.92 Å². The third-order valence-electron chi connectivity index (χ3n) is 1.95. The van der Waals surface area contributed by atoms with Gasteiger partial charge in [-0.2, -0.15) is 0 Å². The summed E-state index contributed by atoms with van der Waals surface area (Å²) in [5.41, 5.74) is 0. The zero-order chi connectivity index (χ0) is 11.0. The van der Waals surface area contributed by atoms with Crippen LogP contribution in [0.15, 0.2) is 12.2 Å². The molecule has 1 amide bonds. The van der Waals surface area contributed by atoms with Crippen LogP contribution in [0.2, 0.25) is 0 Å². The lowest BCUT2D eigenvalue weighted by Crippen LogP contribution is -2.37. The Morgan fingerprint density at radius 3 is 2.57 bits per heavy atom. The quantitative estimate of drug-likeness (QED) is 0.485. The van der Waals surface area contributed by atoms with Crippen LogP contribution in [0.4, 0.5) is 0 Å². The van der Waals surface area contributed by atoms with Crippen LogP contribution < -0.4 is 0 Å². The number of nitrogens with zero attached hydrogens (tertiary/aromatic N) is 1. The molecule has 3 nitrogen and oxygen atoms in total. The van der Waals surface area contributed by atoms with E-state index in [1.165, 1.54) is 0 Å². The maximum absolute atomic E-state index is 11.5. The van der Waals surface area contributed by atoms with Gasteiger partial charge in [0.1, 0.15) is 6.23 Å². The van der Waals surface area contributed by atoms with Crippen molar-refractivity contribution in [3.63, 3.8) is 0 Å². The Balaban J connectivity index is 4.14. The zero-order valence-electron chi connectivity index (χ0n) is 9.62. The second-order valence-electron chi connectivity index (χ2n) is 3.18. The molecule has 0 rings (SSSR count). The first-order valence-corrected chi connectivity index (χ1v) is 5.18. The number of hydrogen-bond acceptors (Lipinski definition) is 2. The minimum absolute atomic E-state index is 0.00421. The summed E-state index contributed by atoms with van der Waals surface area (Å²) in [5, 5.41) is 0. The molecule has 82 valence electrons. The van der Waals surface area contributed by atoms with Gasteiger partial charge in [0, 0.05) is 13.7 Å². The predicted octanol–water partition coefficient (Wildman–Crippen LogP) is 2.18. The molecule has 0 bridgehead atoms. The average Bonchev–Trinajstić information content (AvgIpc) is 2.19. The standard InChI is InChI=1S/C11H21NO2/c1-5-8-10(13)12(4)11(7-3)14-9-6-2/h5,8,11H,6-7,9H2,1-4H3. The Hall–Kier alpha value is -0.830. The van der Waals surface area contributed by atoms with Crippen molar-refractivity contribution in [1.29, 1.82) is 0 Å². The van der Waals surface area contributed by atoms with Crippen molar-refractivity contribution in [3.05, 3.63) is 12.2 Å². The number of amides is 1. The van der Waals surface area contributed by atoms with Gasteiger partial charge in [-0.25, -0.2) is 0 Å². The van der Waals surface area contributed by atoms with Gasteiger partial charge in [-0.1, -0.05) is 19.9 Å². The van der Waals surface area contributed by atoms with Crippen LogP contribution in [0.25, 0.3) is 0 Å². The molecule has 14 heavy (non-hydrogen) atoms. The molecule has 3 heteroatoms. The van der Waals surface area contributed by atoms with E-state index in [1.807, 2.05) is 13.8 Å². The largest absolute Gasteiger partial charge is 0.358 e. The summed E-state index contributed by atoms with van der Waals surface area (Å²) < 4.78 is 5.54. The third-order valence-corrected chi connectivity index (χ3v) is 1.95.